The number of nitrogens with zero attached hydrogens (tertiary/aromatic N) is 4. The van der Waals surface area contributed by atoms with E-state index in [0.717, 1.165) is 5.57 Å². The van der Waals surface area contributed by atoms with Crippen molar-refractivity contribution in [1.82, 2.24) is 19.5 Å². The van der Waals surface area contributed by atoms with Gasteiger partial charge in [-0.15, -0.1) is 0 Å². The van der Waals surface area contributed by atoms with E-state index in [0.29, 0.717) is 30.2 Å². The third-order valence-electron chi connectivity index (χ3n) is 2.86. The minimum atomic E-state index is -0.342. The van der Waals surface area contributed by atoms with Crippen LogP contribution in [-0.2, 0) is 4.74 Å². The Balaban J connectivity index is 2.36. The lowest BCUT2D eigenvalue weighted by molar-refractivity contribution is 0.155. The Kier molecular flexibility index (Phi) is 4.08. The highest BCUT2D eigenvalue weighted by molar-refractivity contribution is 5.81. The Morgan fingerprint density at radius 1 is 1.53 bits per heavy atom. The summed E-state index contributed by atoms with van der Waals surface area (Å²) in [6, 6.07) is -0.342. The molecule has 0 aliphatic rings. The molecule has 0 aromatic carbocycles. The molecule has 0 spiro atoms. The molecular formula is C12H17N5O2. The van der Waals surface area contributed by atoms with Crippen LogP contribution in [0.25, 0.3) is 11.2 Å². The summed E-state index contributed by atoms with van der Waals surface area (Å²) in [5.41, 5.74) is 7.57. The largest absolute Gasteiger partial charge is 0.394 e. The number of hydrogen-bond acceptors (Lipinski definition) is 6. The number of nitrogen functional groups attached to an aromatic ring is 1. The molecule has 3 N–H and O–H groups in total. The number of imidazole rings is 1. The average Bonchev–Trinajstić information content (AvgIpc) is 2.83. The molecule has 0 aliphatic carbocycles. The van der Waals surface area contributed by atoms with Crippen LogP contribution in [0, 0.1) is 0 Å². The number of ether oxygens (including phenoxy) is 1. The third-order valence-corrected chi connectivity index (χ3v) is 2.86. The quantitative estimate of drug-likeness (QED) is 0.738. The van der Waals surface area contributed by atoms with E-state index in [1.54, 1.807) is 10.9 Å². The molecular weight excluding hydrogens is 246 g/mol. The van der Waals surface area contributed by atoms with Gasteiger partial charge in [-0.2, -0.15) is 0 Å². The molecule has 2 aromatic rings. The zero-order valence-electron chi connectivity index (χ0n) is 10.8. The number of aliphatic hydroxyl groups is 1. The number of aliphatic hydroxyl groups excluding tert-OH is 1. The molecule has 7 heteroatoms. The van der Waals surface area contributed by atoms with Gasteiger partial charge in [0.25, 0.3) is 0 Å². The van der Waals surface area contributed by atoms with Gasteiger partial charge in [-0.05, 0) is 12.5 Å². The van der Waals surface area contributed by atoms with Gasteiger partial charge in [0, 0.05) is 6.61 Å². The van der Waals surface area contributed by atoms with E-state index < -0.39 is 0 Å². The maximum atomic E-state index is 9.56. The molecule has 7 nitrogen and oxygen atoms in total. The van der Waals surface area contributed by atoms with Crippen molar-refractivity contribution in [1.29, 1.82) is 0 Å². The monoisotopic (exact) mass is 263 g/mol. The van der Waals surface area contributed by atoms with Crippen LogP contribution >= 0.6 is 0 Å². The number of nitrogens with two attached hydrogens (primary N) is 1. The summed E-state index contributed by atoms with van der Waals surface area (Å²) in [4.78, 5) is 12.2. The predicted octanol–water partition coefficient (Wildman–Crippen LogP) is 0.535. The molecule has 0 amide bonds. The molecule has 1 atom stereocenters. The highest BCUT2D eigenvalue weighted by Crippen LogP contribution is 2.22. The van der Waals surface area contributed by atoms with Gasteiger partial charge in [0.15, 0.2) is 11.5 Å². The van der Waals surface area contributed by atoms with Crippen molar-refractivity contribution in [2.24, 2.45) is 0 Å². The average molecular weight is 263 g/mol. The van der Waals surface area contributed by atoms with Crippen molar-refractivity contribution in [3.05, 3.63) is 24.8 Å². The zero-order chi connectivity index (χ0) is 13.8. The molecule has 0 bridgehead atoms. The van der Waals surface area contributed by atoms with E-state index in [4.69, 9.17) is 10.5 Å². The third kappa shape index (κ3) is 2.56. The van der Waals surface area contributed by atoms with E-state index in [2.05, 4.69) is 21.5 Å². The Morgan fingerprint density at radius 3 is 3.00 bits per heavy atom. The van der Waals surface area contributed by atoms with Crippen LogP contribution in [0.15, 0.2) is 24.8 Å². The number of hydrogen-bond donors (Lipinski definition) is 2. The zero-order valence-corrected chi connectivity index (χ0v) is 10.8. The van der Waals surface area contributed by atoms with E-state index in [1.165, 1.54) is 6.33 Å². The fourth-order valence-corrected chi connectivity index (χ4v) is 1.84. The van der Waals surface area contributed by atoms with Gasteiger partial charge in [-0.3, -0.25) is 0 Å². The molecule has 2 heterocycles. The molecule has 0 fully saturated rings. The first kappa shape index (κ1) is 13.4. The smallest absolute Gasteiger partial charge is 0.166 e. The molecule has 2 aromatic heterocycles. The molecule has 0 radical (unpaired) electrons. The summed E-state index contributed by atoms with van der Waals surface area (Å²) in [5, 5.41) is 9.56. The Labute approximate surface area is 110 Å². The summed E-state index contributed by atoms with van der Waals surface area (Å²) >= 11 is 0. The van der Waals surface area contributed by atoms with Crippen molar-refractivity contribution in [3.8, 4) is 0 Å². The predicted molar refractivity (Wildman–Crippen MR) is 71.5 cm³/mol. The summed E-state index contributed by atoms with van der Waals surface area (Å²) < 4.78 is 7.04. The number of aromatic nitrogens is 4. The fourth-order valence-electron chi connectivity index (χ4n) is 1.84. The van der Waals surface area contributed by atoms with Crippen molar-refractivity contribution in [3.63, 3.8) is 0 Å². The Bertz CT molecular complexity index is 581. The summed E-state index contributed by atoms with van der Waals surface area (Å²) in [5.74, 6) is 0.316. The van der Waals surface area contributed by atoms with Crippen molar-refractivity contribution in [2.75, 3.05) is 25.6 Å². The second-order valence-electron chi connectivity index (χ2n) is 4.08. The molecule has 0 saturated carbocycles. The maximum Gasteiger partial charge on any atom is 0.166 e. The van der Waals surface area contributed by atoms with Crippen LogP contribution in [0.3, 0.4) is 0 Å². The van der Waals surface area contributed by atoms with E-state index >= 15 is 0 Å². The maximum absolute atomic E-state index is 9.56. The SMILES string of the molecule is C=C(COCC)C(CO)n1cnc2c(N)ncnc21. The summed E-state index contributed by atoms with van der Waals surface area (Å²) in [6.07, 6.45) is 2.95. The molecule has 102 valence electrons. The molecule has 0 aliphatic heterocycles. The Hall–Kier alpha value is -1.99. The second-order valence-corrected chi connectivity index (χ2v) is 4.08. The van der Waals surface area contributed by atoms with Gasteiger partial charge in [-0.1, -0.05) is 6.58 Å². The fraction of sp³-hybridized carbons (Fsp3) is 0.417. The van der Waals surface area contributed by atoms with Crippen LogP contribution in [0.1, 0.15) is 13.0 Å². The highest BCUT2D eigenvalue weighted by atomic mass is 16.5. The van der Waals surface area contributed by atoms with Crippen LogP contribution in [0.5, 0.6) is 0 Å². The van der Waals surface area contributed by atoms with E-state index in [-0.39, 0.29) is 12.6 Å². The van der Waals surface area contributed by atoms with Gasteiger partial charge >= 0.3 is 0 Å². The first-order chi connectivity index (χ1) is 9.19. The highest BCUT2D eigenvalue weighted by Gasteiger charge is 2.18. The van der Waals surface area contributed by atoms with Gasteiger partial charge in [0.05, 0.1) is 25.6 Å². The van der Waals surface area contributed by atoms with E-state index in [9.17, 15) is 5.11 Å². The number of fused-ring (bicyclic) bond motifs is 1. The van der Waals surface area contributed by atoms with Gasteiger partial charge in [0.1, 0.15) is 11.8 Å². The molecule has 19 heavy (non-hydrogen) atoms. The van der Waals surface area contributed by atoms with Crippen LogP contribution in [0.4, 0.5) is 5.82 Å². The molecule has 0 saturated heterocycles. The van der Waals surface area contributed by atoms with Crippen molar-refractivity contribution < 1.29 is 9.84 Å². The van der Waals surface area contributed by atoms with Gasteiger partial charge < -0.3 is 20.1 Å². The van der Waals surface area contributed by atoms with Crippen LogP contribution in [-0.4, -0.2) is 44.4 Å². The minimum absolute atomic E-state index is 0.110. The van der Waals surface area contributed by atoms with Gasteiger partial charge in [0.2, 0.25) is 0 Å². The summed E-state index contributed by atoms with van der Waals surface area (Å²) in [6.45, 7) is 6.71. The normalized spacial score (nSPS) is 12.7. The number of anilines is 1. The lowest BCUT2D eigenvalue weighted by atomic mass is 10.1. The molecule has 1 unspecified atom stereocenters. The lowest BCUT2D eigenvalue weighted by Crippen LogP contribution is -2.18. The lowest BCUT2D eigenvalue weighted by Gasteiger charge is -2.19. The minimum Gasteiger partial charge on any atom is -0.394 e. The van der Waals surface area contributed by atoms with E-state index in [1.807, 2.05) is 6.92 Å². The first-order valence-electron chi connectivity index (χ1n) is 5.98. The topological polar surface area (TPSA) is 99.1 Å². The number of rotatable bonds is 6. The van der Waals surface area contributed by atoms with Crippen molar-refractivity contribution >= 4 is 17.0 Å². The standard InChI is InChI=1S/C12H17N5O2/c1-3-19-5-8(2)9(4-18)17-7-16-10-11(13)14-6-15-12(10)17/h6-7,9,18H,2-5H2,1H3,(H2,13,14,15). The second kappa shape index (κ2) is 5.77. The van der Waals surface area contributed by atoms with Crippen LogP contribution < -0.4 is 5.73 Å². The Morgan fingerprint density at radius 2 is 2.32 bits per heavy atom. The first-order valence-corrected chi connectivity index (χ1v) is 5.98. The van der Waals surface area contributed by atoms with Gasteiger partial charge in [-0.25, -0.2) is 15.0 Å². The van der Waals surface area contributed by atoms with Crippen LogP contribution in [0.2, 0.25) is 0 Å². The molecule has 2 rings (SSSR count). The van der Waals surface area contributed by atoms with Crippen molar-refractivity contribution in [2.45, 2.75) is 13.0 Å². The summed E-state index contributed by atoms with van der Waals surface area (Å²) in [7, 11) is 0.